The molecule has 0 spiro atoms. The van der Waals surface area contributed by atoms with E-state index in [1.165, 1.54) is 61.0 Å². The first kappa shape index (κ1) is 28.6. The van der Waals surface area contributed by atoms with Gasteiger partial charge in [-0.15, -0.1) is 0 Å². The van der Waals surface area contributed by atoms with Gasteiger partial charge >= 0.3 is 0 Å². The minimum absolute atomic E-state index is 0.446. The molecule has 0 aliphatic carbocycles. The summed E-state index contributed by atoms with van der Waals surface area (Å²) in [6.07, 6.45) is 8.38. The standard InChI is InChI=1S/C18H15P.C9H21N.C2H4O2/c1-4-10-16(11-5-1)19(17-12-6-2-7-13-17)18-14-8-3-9-15-18;1-3-4-5-6-7-8-9-10-2;1-2(3)4/h1-15H;10H,3-9H2,1-2H3;1H3,(H,3,4). The second-order valence-corrected chi connectivity index (χ2v) is 9.95. The molecule has 2 N–H and O–H groups in total. The molecule has 0 fully saturated rings. The number of carboxylic acid groups (broad SMARTS) is 1. The Labute approximate surface area is 202 Å². The Hall–Kier alpha value is -2.48. The summed E-state index contributed by atoms with van der Waals surface area (Å²) >= 11 is 0. The van der Waals surface area contributed by atoms with Crippen LogP contribution >= 0.6 is 7.92 Å². The molecule has 0 atom stereocenters. The molecule has 3 aromatic carbocycles. The molecule has 33 heavy (non-hydrogen) atoms. The molecule has 3 nitrogen and oxygen atoms in total. The van der Waals surface area contributed by atoms with Crippen LogP contribution in [0, 0.1) is 0 Å². The van der Waals surface area contributed by atoms with Crippen LogP contribution in [-0.2, 0) is 4.79 Å². The van der Waals surface area contributed by atoms with E-state index in [1.807, 2.05) is 7.05 Å². The van der Waals surface area contributed by atoms with Crippen LogP contribution in [0.15, 0.2) is 91.0 Å². The number of hydrogen-bond acceptors (Lipinski definition) is 2. The molecule has 0 aliphatic rings. The molecule has 0 radical (unpaired) electrons. The van der Waals surface area contributed by atoms with Crippen LogP contribution < -0.4 is 21.2 Å². The van der Waals surface area contributed by atoms with E-state index >= 15 is 0 Å². The van der Waals surface area contributed by atoms with Gasteiger partial charge in [0.15, 0.2) is 0 Å². The largest absolute Gasteiger partial charge is 0.481 e. The molecule has 0 aliphatic heterocycles. The molecule has 3 aromatic rings. The van der Waals surface area contributed by atoms with Crippen LogP contribution in [0.3, 0.4) is 0 Å². The number of carbonyl (C=O) groups is 1. The minimum Gasteiger partial charge on any atom is -0.481 e. The van der Waals surface area contributed by atoms with Crippen molar-refractivity contribution in [3.63, 3.8) is 0 Å². The van der Waals surface area contributed by atoms with E-state index in [1.54, 1.807) is 0 Å². The summed E-state index contributed by atoms with van der Waals surface area (Å²) in [4.78, 5) is 9.00. The highest BCUT2D eigenvalue weighted by molar-refractivity contribution is 7.79. The van der Waals surface area contributed by atoms with E-state index in [0.29, 0.717) is 0 Å². The van der Waals surface area contributed by atoms with Gasteiger partial charge in [0.2, 0.25) is 0 Å². The maximum atomic E-state index is 9.00. The fourth-order valence-electron chi connectivity index (χ4n) is 3.26. The van der Waals surface area contributed by atoms with Crippen molar-refractivity contribution in [2.45, 2.75) is 52.4 Å². The molecular formula is C29H40NO2P. The van der Waals surface area contributed by atoms with Gasteiger partial charge in [0.05, 0.1) is 0 Å². The van der Waals surface area contributed by atoms with Crippen molar-refractivity contribution in [3.05, 3.63) is 91.0 Å². The van der Waals surface area contributed by atoms with Crippen molar-refractivity contribution in [3.8, 4) is 0 Å². The lowest BCUT2D eigenvalue weighted by Gasteiger charge is -2.18. The average Bonchev–Trinajstić information content (AvgIpc) is 2.84. The van der Waals surface area contributed by atoms with Crippen molar-refractivity contribution in [2.75, 3.05) is 13.6 Å². The Morgan fingerprint density at radius 2 is 1.03 bits per heavy atom. The first-order valence-corrected chi connectivity index (χ1v) is 13.2. The highest BCUT2D eigenvalue weighted by Gasteiger charge is 2.14. The lowest BCUT2D eigenvalue weighted by atomic mass is 10.1. The second kappa shape index (κ2) is 19.0. The maximum absolute atomic E-state index is 9.00. The summed E-state index contributed by atoms with van der Waals surface area (Å²) in [6.45, 7) is 4.53. The topological polar surface area (TPSA) is 49.3 Å². The van der Waals surface area contributed by atoms with Gasteiger partial charge in [0, 0.05) is 6.92 Å². The van der Waals surface area contributed by atoms with E-state index in [9.17, 15) is 0 Å². The van der Waals surface area contributed by atoms with Gasteiger partial charge in [-0.2, -0.15) is 0 Å². The van der Waals surface area contributed by atoms with E-state index in [-0.39, 0.29) is 0 Å². The summed E-state index contributed by atoms with van der Waals surface area (Å²) in [7, 11) is 1.57. The lowest BCUT2D eigenvalue weighted by molar-refractivity contribution is -0.134. The zero-order valence-electron chi connectivity index (χ0n) is 20.4. The summed E-state index contributed by atoms with van der Waals surface area (Å²) in [6, 6.07) is 32.3. The maximum Gasteiger partial charge on any atom is 0.300 e. The molecule has 3 rings (SSSR count). The number of carboxylic acids is 1. The lowest BCUT2D eigenvalue weighted by Crippen LogP contribution is -2.20. The van der Waals surface area contributed by atoms with Crippen molar-refractivity contribution in [2.24, 2.45) is 0 Å². The summed E-state index contributed by atoms with van der Waals surface area (Å²) in [5.41, 5.74) is 0. The highest BCUT2D eigenvalue weighted by Crippen LogP contribution is 2.32. The van der Waals surface area contributed by atoms with Crippen molar-refractivity contribution >= 4 is 29.8 Å². The molecule has 4 heteroatoms. The van der Waals surface area contributed by atoms with Gasteiger partial charge in [-0.1, -0.05) is 130 Å². The Morgan fingerprint density at radius 1 is 0.697 bits per heavy atom. The second-order valence-electron chi connectivity index (χ2n) is 7.73. The fraction of sp³-hybridized carbons (Fsp3) is 0.345. The third kappa shape index (κ3) is 13.6. The third-order valence-corrected chi connectivity index (χ3v) is 7.27. The fourth-order valence-corrected chi connectivity index (χ4v) is 5.57. The molecule has 0 saturated carbocycles. The van der Waals surface area contributed by atoms with Gasteiger partial charge in [0.1, 0.15) is 0 Å². The number of hydrogen-bond donors (Lipinski definition) is 2. The predicted molar refractivity (Wildman–Crippen MR) is 146 cm³/mol. The van der Waals surface area contributed by atoms with Crippen LogP contribution in [0.2, 0.25) is 0 Å². The molecule has 0 unspecified atom stereocenters. The van der Waals surface area contributed by atoms with Crippen molar-refractivity contribution in [1.82, 2.24) is 5.32 Å². The van der Waals surface area contributed by atoms with E-state index in [4.69, 9.17) is 9.90 Å². The average molecular weight is 466 g/mol. The summed E-state index contributed by atoms with van der Waals surface area (Å²) in [5, 5.41) is 14.8. The van der Waals surface area contributed by atoms with Crippen LogP contribution in [0.1, 0.15) is 52.4 Å². The van der Waals surface area contributed by atoms with E-state index in [2.05, 4.69) is 103 Å². The molecule has 0 amide bonds. The van der Waals surface area contributed by atoms with Gasteiger partial charge in [0.25, 0.3) is 5.97 Å². The normalized spacial score (nSPS) is 9.94. The third-order valence-electron chi connectivity index (χ3n) is 4.82. The molecule has 0 aromatic heterocycles. The molecule has 178 valence electrons. The van der Waals surface area contributed by atoms with Crippen LogP contribution in [0.4, 0.5) is 0 Å². The van der Waals surface area contributed by atoms with Gasteiger partial charge < -0.3 is 10.4 Å². The summed E-state index contributed by atoms with van der Waals surface area (Å²) < 4.78 is 0. The Morgan fingerprint density at radius 3 is 1.36 bits per heavy atom. The monoisotopic (exact) mass is 465 g/mol. The van der Waals surface area contributed by atoms with Crippen molar-refractivity contribution in [1.29, 1.82) is 0 Å². The number of benzene rings is 3. The van der Waals surface area contributed by atoms with Gasteiger partial charge in [-0.3, -0.25) is 4.79 Å². The molecule has 0 bridgehead atoms. The Kier molecular flexibility index (Phi) is 16.5. The highest BCUT2D eigenvalue weighted by atomic mass is 31.1. The quantitative estimate of drug-likeness (QED) is 0.281. The van der Waals surface area contributed by atoms with Crippen molar-refractivity contribution < 1.29 is 9.90 Å². The number of aliphatic carboxylic acids is 1. The molecule has 0 saturated heterocycles. The summed E-state index contributed by atoms with van der Waals surface area (Å²) in [5.74, 6) is -0.833. The van der Waals surface area contributed by atoms with Crippen LogP contribution in [-0.4, -0.2) is 24.7 Å². The minimum atomic E-state index is -0.833. The molecular weight excluding hydrogens is 425 g/mol. The SMILES string of the molecule is CC(=O)O.CCCCCCCCNC.c1ccc(P(c2ccccc2)c2ccccc2)cc1. The zero-order chi connectivity index (χ0) is 24.2. The van der Waals surface area contributed by atoms with Gasteiger partial charge in [-0.05, 0) is 43.8 Å². The first-order chi connectivity index (χ1) is 16.1. The molecule has 0 heterocycles. The zero-order valence-corrected chi connectivity index (χ0v) is 21.3. The Bertz CT molecular complexity index is 735. The Balaban J connectivity index is 0.000000329. The number of rotatable bonds is 10. The van der Waals surface area contributed by atoms with Crippen LogP contribution in [0.5, 0.6) is 0 Å². The first-order valence-electron chi connectivity index (χ1n) is 11.9. The van der Waals surface area contributed by atoms with Crippen LogP contribution in [0.25, 0.3) is 0 Å². The smallest absolute Gasteiger partial charge is 0.300 e. The number of nitrogens with one attached hydrogen (secondary N) is 1. The predicted octanol–water partition coefficient (Wildman–Crippen LogP) is 6.10. The van der Waals surface area contributed by atoms with E-state index < -0.39 is 13.9 Å². The van der Waals surface area contributed by atoms with Gasteiger partial charge in [-0.25, -0.2) is 0 Å². The number of unbranched alkanes of at least 4 members (excludes halogenated alkanes) is 5. The van der Waals surface area contributed by atoms with E-state index in [0.717, 1.165) is 6.92 Å².